The topological polar surface area (TPSA) is 63.2 Å². The van der Waals surface area contributed by atoms with Gasteiger partial charge in [0.2, 0.25) is 0 Å². The summed E-state index contributed by atoms with van der Waals surface area (Å²) in [6, 6.07) is 11.1. The zero-order valence-corrected chi connectivity index (χ0v) is 15.2. The molecule has 0 spiro atoms. The van der Waals surface area contributed by atoms with E-state index in [0.29, 0.717) is 12.1 Å². The summed E-state index contributed by atoms with van der Waals surface area (Å²) in [6.07, 6.45) is 6.27. The van der Waals surface area contributed by atoms with Crippen LogP contribution < -0.4 is 0 Å². The molecular weight excluding hydrogens is 328 g/mol. The number of benzene rings is 1. The third-order valence-corrected chi connectivity index (χ3v) is 5.12. The van der Waals surface area contributed by atoms with Crippen LogP contribution in [0.4, 0.5) is 0 Å². The van der Waals surface area contributed by atoms with E-state index in [1.165, 1.54) is 5.56 Å². The molecule has 3 heterocycles. The Bertz CT molecular complexity index is 814. The lowest BCUT2D eigenvalue weighted by atomic mass is 10.1. The summed E-state index contributed by atoms with van der Waals surface area (Å²) in [5.74, 6) is 0. The molecule has 0 amide bonds. The highest BCUT2D eigenvalue weighted by atomic mass is 16.5. The Hall–Kier alpha value is -2.51. The second kappa shape index (κ2) is 7.39. The first-order valence-electron chi connectivity index (χ1n) is 8.91. The van der Waals surface area contributed by atoms with Crippen LogP contribution in [0.1, 0.15) is 22.9 Å². The molecule has 0 aliphatic carbocycles. The first-order valence-corrected chi connectivity index (χ1v) is 8.91. The van der Waals surface area contributed by atoms with E-state index in [4.69, 9.17) is 4.52 Å². The van der Waals surface area contributed by atoms with Gasteiger partial charge in [-0.25, -0.2) is 4.68 Å². The molecular formula is C19H24N6O. The molecule has 1 aliphatic rings. The highest BCUT2D eigenvalue weighted by Crippen LogP contribution is 2.26. The Morgan fingerprint density at radius 1 is 1.19 bits per heavy atom. The summed E-state index contributed by atoms with van der Waals surface area (Å²) in [6.45, 7) is 2.75. The number of hydrogen-bond acceptors (Lipinski definition) is 6. The first kappa shape index (κ1) is 16.9. The molecule has 7 heteroatoms. The van der Waals surface area contributed by atoms with Crippen molar-refractivity contribution >= 4 is 0 Å². The Morgan fingerprint density at radius 3 is 2.77 bits per heavy atom. The molecule has 1 saturated heterocycles. The molecule has 0 bridgehead atoms. The summed E-state index contributed by atoms with van der Waals surface area (Å²) in [5.41, 5.74) is 3.42. The van der Waals surface area contributed by atoms with Crippen molar-refractivity contribution in [3.05, 3.63) is 65.8 Å². The maximum atomic E-state index is 5.29. The van der Waals surface area contributed by atoms with Crippen LogP contribution in [0.2, 0.25) is 0 Å². The van der Waals surface area contributed by atoms with Crippen molar-refractivity contribution in [3.63, 3.8) is 0 Å². The van der Waals surface area contributed by atoms with E-state index in [-0.39, 0.29) is 0 Å². The molecule has 1 fully saturated rings. The molecule has 0 N–H and O–H groups in total. The fourth-order valence-corrected chi connectivity index (χ4v) is 3.72. The molecule has 4 rings (SSSR count). The maximum absolute atomic E-state index is 5.29. The van der Waals surface area contributed by atoms with Crippen molar-refractivity contribution in [1.82, 2.24) is 30.0 Å². The minimum Gasteiger partial charge on any atom is -0.364 e. The number of likely N-dealkylation sites (tertiary alicyclic amines) is 1. The molecule has 136 valence electrons. The summed E-state index contributed by atoms with van der Waals surface area (Å²) < 4.78 is 7.26. The highest BCUT2D eigenvalue weighted by Gasteiger charge is 2.36. The summed E-state index contributed by atoms with van der Waals surface area (Å²) in [5, 5.41) is 12.4. The molecule has 1 aliphatic heterocycles. The van der Waals surface area contributed by atoms with Crippen LogP contribution in [-0.2, 0) is 13.0 Å². The molecule has 0 radical (unpaired) electrons. The van der Waals surface area contributed by atoms with E-state index in [1.54, 1.807) is 12.5 Å². The Labute approximate surface area is 153 Å². The number of aromatic nitrogens is 4. The van der Waals surface area contributed by atoms with Gasteiger partial charge in [0.05, 0.1) is 17.9 Å². The lowest BCUT2D eigenvalue weighted by Crippen LogP contribution is -2.36. The predicted molar refractivity (Wildman–Crippen MR) is 97.6 cm³/mol. The van der Waals surface area contributed by atoms with Gasteiger partial charge in [0.1, 0.15) is 6.26 Å². The van der Waals surface area contributed by atoms with E-state index in [1.807, 2.05) is 16.9 Å². The van der Waals surface area contributed by atoms with E-state index >= 15 is 0 Å². The standard InChI is InChI=1S/C19H24N6O/c1-23(2)18-12-24(13-19(18)25-9-8-20-22-25)11-16-14-26-21-17(16)10-15-6-4-3-5-7-15/h3-9,14,18-19H,10-13H2,1-2H3/t18-,19+/m1/s1. The van der Waals surface area contributed by atoms with Crippen LogP contribution in [-0.4, -0.2) is 63.2 Å². The zero-order valence-electron chi connectivity index (χ0n) is 15.2. The zero-order chi connectivity index (χ0) is 17.9. The molecule has 0 unspecified atom stereocenters. The lowest BCUT2D eigenvalue weighted by Gasteiger charge is -2.24. The minimum atomic E-state index is 0.296. The fraction of sp³-hybridized carbons (Fsp3) is 0.421. The maximum Gasteiger partial charge on any atom is 0.128 e. The molecule has 7 nitrogen and oxygen atoms in total. The molecule has 2 atom stereocenters. The number of hydrogen-bond donors (Lipinski definition) is 0. The monoisotopic (exact) mass is 352 g/mol. The van der Waals surface area contributed by atoms with Crippen molar-refractivity contribution < 1.29 is 4.52 Å². The molecule has 0 saturated carbocycles. The van der Waals surface area contributed by atoms with Crippen molar-refractivity contribution in [2.24, 2.45) is 0 Å². The van der Waals surface area contributed by atoms with E-state index < -0.39 is 0 Å². The van der Waals surface area contributed by atoms with Crippen molar-refractivity contribution in [2.45, 2.75) is 25.0 Å². The Balaban J connectivity index is 1.47. The largest absolute Gasteiger partial charge is 0.364 e. The van der Waals surface area contributed by atoms with Crippen LogP contribution in [0, 0.1) is 0 Å². The van der Waals surface area contributed by atoms with Crippen molar-refractivity contribution in [3.8, 4) is 0 Å². The van der Waals surface area contributed by atoms with Crippen LogP contribution >= 0.6 is 0 Å². The van der Waals surface area contributed by atoms with Crippen LogP contribution in [0.15, 0.2) is 53.5 Å². The average Bonchev–Trinajstić information content (AvgIpc) is 3.37. The molecule has 2 aromatic heterocycles. The smallest absolute Gasteiger partial charge is 0.128 e. The predicted octanol–water partition coefficient (Wildman–Crippen LogP) is 1.84. The van der Waals surface area contributed by atoms with Gasteiger partial charge in [0, 0.05) is 43.9 Å². The lowest BCUT2D eigenvalue weighted by molar-refractivity contribution is 0.237. The summed E-state index contributed by atoms with van der Waals surface area (Å²) >= 11 is 0. The first-order chi connectivity index (χ1) is 12.7. The molecule has 1 aromatic carbocycles. The normalized spacial score (nSPS) is 20.9. The van der Waals surface area contributed by atoms with E-state index in [0.717, 1.165) is 37.3 Å². The second-order valence-corrected chi connectivity index (χ2v) is 7.12. The van der Waals surface area contributed by atoms with Crippen LogP contribution in [0.5, 0.6) is 0 Å². The number of nitrogens with zero attached hydrogens (tertiary/aromatic N) is 6. The van der Waals surface area contributed by atoms with Gasteiger partial charge in [0.25, 0.3) is 0 Å². The van der Waals surface area contributed by atoms with Gasteiger partial charge >= 0.3 is 0 Å². The number of rotatable bonds is 6. The summed E-state index contributed by atoms with van der Waals surface area (Å²) in [7, 11) is 4.25. The van der Waals surface area contributed by atoms with Gasteiger partial charge in [-0.15, -0.1) is 5.10 Å². The van der Waals surface area contributed by atoms with Crippen molar-refractivity contribution in [2.75, 3.05) is 27.2 Å². The van der Waals surface area contributed by atoms with Crippen LogP contribution in [0.25, 0.3) is 0 Å². The van der Waals surface area contributed by atoms with Crippen molar-refractivity contribution in [1.29, 1.82) is 0 Å². The SMILES string of the molecule is CN(C)[C@@H]1CN(Cc2conc2Cc2ccccc2)C[C@@H]1n1ccnn1. The van der Waals surface area contributed by atoms with Crippen LogP contribution in [0.3, 0.4) is 0 Å². The van der Waals surface area contributed by atoms with E-state index in [2.05, 4.69) is 63.6 Å². The molecule has 3 aromatic rings. The van der Waals surface area contributed by atoms with Gasteiger partial charge in [-0.05, 0) is 19.7 Å². The van der Waals surface area contributed by atoms with Gasteiger partial charge in [-0.3, -0.25) is 4.90 Å². The fourth-order valence-electron chi connectivity index (χ4n) is 3.72. The Kier molecular flexibility index (Phi) is 4.81. The van der Waals surface area contributed by atoms with Gasteiger partial charge in [-0.1, -0.05) is 40.7 Å². The minimum absolute atomic E-state index is 0.296. The van der Waals surface area contributed by atoms with Gasteiger partial charge in [0.15, 0.2) is 0 Å². The Morgan fingerprint density at radius 2 is 2.04 bits per heavy atom. The van der Waals surface area contributed by atoms with E-state index in [9.17, 15) is 0 Å². The number of likely N-dealkylation sites (N-methyl/N-ethyl adjacent to an activating group) is 1. The van der Waals surface area contributed by atoms with Gasteiger partial charge < -0.3 is 9.42 Å². The van der Waals surface area contributed by atoms with Gasteiger partial charge in [-0.2, -0.15) is 0 Å². The second-order valence-electron chi connectivity index (χ2n) is 7.12. The molecule has 26 heavy (non-hydrogen) atoms. The third-order valence-electron chi connectivity index (χ3n) is 5.12. The average molecular weight is 352 g/mol. The summed E-state index contributed by atoms with van der Waals surface area (Å²) in [4.78, 5) is 4.71. The highest BCUT2D eigenvalue weighted by molar-refractivity contribution is 5.25. The third kappa shape index (κ3) is 3.54. The quantitative estimate of drug-likeness (QED) is 0.675.